The number of hydrogen-bond donors (Lipinski definition) is 6. The van der Waals surface area contributed by atoms with Crippen LogP contribution in [0.1, 0.15) is 54.4 Å². The highest BCUT2D eigenvalue weighted by Crippen LogP contribution is 2.07. The standard InChI is InChI=1S/C19H36N4O6/c1-7-10(4)14(20)17(26)23-15(12(6)24)18(27)21-11(5)16(25)22-13(19(28)29)8-9(2)3/h9-15,24H,7-8,20H2,1-6H3,(H,21,27)(H,22,25)(H,23,26)(H,28,29). The van der Waals surface area contributed by atoms with Crippen LogP contribution in [-0.2, 0) is 19.2 Å². The van der Waals surface area contributed by atoms with Crippen molar-refractivity contribution in [2.24, 2.45) is 17.6 Å². The molecular formula is C19H36N4O6. The molecule has 168 valence electrons. The van der Waals surface area contributed by atoms with E-state index in [1.54, 1.807) is 6.92 Å². The molecule has 0 radical (unpaired) electrons. The van der Waals surface area contributed by atoms with E-state index in [1.807, 2.05) is 20.8 Å². The third-order valence-electron chi connectivity index (χ3n) is 4.70. The fraction of sp³-hybridized carbons (Fsp3) is 0.789. The molecule has 6 unspecified atom stereocenters. The molecule has 10 heteroatoms. The van der Waals surface area contributed by atoms with E-state index in [-0.39, 0.29) is 18.3 Å². The number of amides is 3. The van der Waals surface area contributed by atoms with Crippen LogP contribution in [0.25, 0.3) is 0 Å². The molecule has 6 atom stereocenters. The van der Waals surface area contributed by atoms with Gasteiger partial charge in [0.1, 0.15) is 18.1 Å². The minimum absolute atomic E-state index is 0.0471. The Hall–Kier alpha value is -2.20. The van der Waals surface area contributed by atoms with Crippen molar-refractivity contribution in [2.45, 2.75) is 84.7 Å². The maximum Gasteiger partial charge on any atom is 0.326 e. The van der Waals surface area contributed by atoms with Gasteiger partial charge in [0.15, 0.2) is 0 Å². The molecule has 3 amide bonds. The lowest BCUT2D eigenvalue weighted by Gasteiger charge is -2.26. The van der Waals surface area contributed by atoms with Gasteiger partial charge in [0.2, 0.25) is 17.7 Å². The molecule has 0 aromatic carbocycles. The first kappa shape index (κ1) is 26.8. The second kappa shape index (κ2) is 12.4. The molecule has 0 saturated carbocycles. The Morgan fingerprint density at radius 1 is 0.897 bits per heavy atom. The van der Waals surface area contributed by atoms with E-state index in [0.717, 1.165) is 0 Å². The van der Waals surface area contributed by atoms with Crippen LogP contribution in [0.2, 0.25) is 0 Å². The molecule has 7 N–H and O–H groups in total. The summed E-state index contributed by atoms with van der Waals surface area (Å²) >= 11 is 0. The van der Waals surface area contributed by atoms with Crippen LogP contribution in [0.4, 0.5) is 0 Å². The van der Waals surface area contributed by atoms with Crippen LogP contribution in [0, 0.1) is 11.8 Å². The van der Waals surface area contributed by atoms with Crippen LogP contribution in [0.3, 0.4) is 0 Å². The lowest BCUT2D eigenvalue weighted by molar-refractivity contribution is -0.142. The van der Waals surface area contributed by atoms with E-state index >= 15 is 0 Å². The van der Waals surface area contributed by atoms with Crippen molar-refractivity contribution in [1.82, 2.24) is 16.0 Å². The smallest absolute Gasteiger partial charge is 0.326 e. The van der Waals surface area contributed by atoms with Gasteiger partial charge in [-0.05, 0) is 32.1 Å². The number of hydrogen-bond acceptors (Lipinski definition) is 6. The molecule has 0 aromatic rings. The van der Waals surface area contributed by atoms with E-state index in [9.17, 15) is 29.4 Å². The highest BCUT2D eigenvalue weighted by Gasteiger charge is 2.31. The van der Waals surface area contributed by atoms with Gasteiger partial charge in [0.05, 0.1) is 12.1 Å². The first-order valence-electron chi connectivity index (χ1n) is 9.89. The van der Waals surface area contributed by atoms with Crippen molar-refractivity contribution in [3.05, 3.63) is 0 Å². The van der Waals surface area contributed by atoms with Gasteiger partial charge in [0.25, 0.3) is 0 Å². The molecular weight excluding hydrogens is 380 g/mol. The number of rotatable bonds is 12. The fourth-order valence-electron chi connectivity index (χ4n) is 2.53. The number of carboxylic acid groups (broad SMARTS) is 1. The van der Waals surface area contributed by atoms with Crippen LogP contribution in [0.15, 0.2) is 0 Å². The summed E-state index contributed by atoms with van der Waals surface area (Å²) in [5.74, 6) is -3.28. The number of nitrogens with one attached hydrogen (secondary N) is 3. The average molecular weight is 417 g/mol. The average Bonchev–Trinajstić information content (AvgIpc) is 2.62. The predicted molar refractivity (Wildman–Crippen MR) is 108 cm³/mol. The predicted octanol–water partition coefficient (Wildman–Crippen LogP) is -0.654. The minimum Gasteiger partial charge on any atom is -0.480 e. The van der Waals surface area contributed by atoms with Gasteiger partial charge in [-0.3, -0.25) is 14.4 Å². The SMILES string of the molecule is CCC(C)C(N)C(=O)NC(C(=O)NC(C)C(=O)NC(CC(C)C)C(=O)O)C(C)O. The Morgan fingerprint density at radius 3 is 1.86 bits per heavy atom. The number of carbonyl (C=O) groups excluding carboxylic acids is 3. The summed E-state index contributed by atoms with van der Waals surface area (Å²) in [5.41, 5.74) is 5.85. The number of nitrogens with two attached hydrogens (primary N) is 1. The largest absolute Gasteiger partial charge is 0.480 e. The first-order valence-corrected chi connectivity index (χ1v) is 9.89. The highest BCUT2D eigenvalue weighted by atomic mass is 16.4. The van der Waals surface area contributed by atoms with E-state index in [1.165, 1.54) is 13.8 Å². The van der Waals surface area contributed by atoms with E-state index in [2.05, 4.69) is 16.0 Å². The fourth-order valence-corrected chi connectivity index (χ4v) is 2.53. The van der Waals surface area contributed by atoms with Gasteiger partial charge in [-0.15, -0.1) is 0 Å². The van der Waals surface area contributed by atoms with E-state index in [0.29, 0.717) is 6.42 Å². The van der Waals surface area contributed by atoms with Crippen molar-refractivity contribution in [2.75, 3.05) is 0 Å². The number of carbonyl (C=O) groups is 4. The summed E-state index contributed by atoms with van der Waals surface area (Å²) in [6.45, 7) is 10.0. The van der Waals surface area contributed by atoms with Gasteiger partial charge in [0, 0.05) is 0 Å². The lowest BCUT2D eigenvalue weighted by Crippen LogP contribution is -2.59. The van der Waals surface area contributed by atoms with Crippen molar-refractivity contribution in [1.29, 1.82) is 0 Å². The van der Waals surface area contributed by atoms with Crippen molar-refractivity contribution in [3.63, 3.8) is 0 Å². The summed E-state index contributed by atoms with van der Waals surface area (Å²) in [5, 5.41) is 26.3. The Morgan fingerprint density at radius 2 is 1.45 bits per heavy atom. The summed E-state index contributed by atoms with van der Waals surface area (Å²) in [4.78, 5) is 48.3. The molecule has 29 heavy (non-hydrogen) atoms. The van der Waals surface area contributed by atoms with Crippen LogP contribution >= 0.6 is 0 Å². The maximum atomic E-state index is 12.5. The van der Waals surface area contributed by atoms with Crippen LogP contribution < -0.4 is 21.7 Å². The Bertz CT molecular complexity index is 581. The molecule has 0 saturated heterocycles. The monoisotopic (exact) mass is 416 g/mol. The zero-order chi connectivity index (χ0) is 22.9. The zero-order valence-electron chi connectivity index (χ0n) is 18.1. The van der Waals surface area contributed by atoms with Gasteiger partial charge in [-0.2, -0.15) is 0 Å². The van der Waals surface area contributed by atoms with Gasteiger partial charge < -0.3 is 31.9 Å². The summed E-state index contributed by atoms with van der Waals surface area (Å²) < 4.78 is 0. The summed E-state index contributed by atoms with van der Waals surface area (Å²) in [6, 6.07) is -4.30. The van der Waals surface area contributed by atoms with Gasteiger partial charge in [-0.25, -0.2) is 4.79 Å². The highest BCUT2D eigenvalue weighted by molar-refractivity contribution is 5.94. The first-order chi connectivity index (χ1) is 13.3. The summed E-state index contributed by atoms with van der Waals surface area (Å²) in [6.07, 6.45) is -0.328. The van der Waals surface area contributed by atoms with Crippen molar-refractivity contribution < 1.29 is 29.4 Å². The molecule has 0 aliphatic rings. The second-order valence-electron chi connectivity index (χ2n) is 7.90. The number of aliphatic hydroxyl groups is 1. The topological polar surface area (TPSA) is 171 Å². The van der Waals surface area contributed by atoms with Crippen LogP contribution in [0.5, 0.6) is 0 Å². The van der Waals surface area contributed by atoms with E-state index in [4.69, 9.17) is 5.73 Å². The Kier molecular flexibility index (Phi) is 11.4. The lowest BCUT2D eigenvalue weighted by atomic mass is 9.98. The molecule has 0 aromatic heterocycles. The summed E-state index contributed by atoms with van der Waals surface area (Å²) in [7, 11) is 0. The Balaban J connectivity index is 5.02. The minimum atomic E-state index is -1.31. The van der Waals surface area contributed by atoms with Gasteiger partial charge >= 0.3 is 5.97 Å². The quantitative estimate of drug-likeness (QED) is 0.245. The zero-order valence-corrected chi connectivity index (χ0v) is 18.1. The number of carboxylic acids is 1. The number of aliphatic hydroxyl groups excluding tert-OH is 1. The maximum absolute atomic E-state index is 12.5. The third-order valence-corrected chi connectivity index (χ3v) is 4.70. The third kappa shape index (κ3) is 9.23. The molecule has 0 heterocycles. The normalized spacial score (nSPS) is 17.4. The van der Waals surface area contributed by atoms with E-state index < -0.39 is 54.0 Å². The molecule has 0 aliphatic carbocycles. The van der Waals surface area contributed by atoms with Crippen molar-refractivity contribution in [3.8, 4) is 0 Å². The molecule has 10 nitrogen and oxygen atoms in total. The molecule has 0 spiro atoms. The molecule has 0 bridgehead atoms. The Labute approximate surface area is 172 Å². The molecule has 0 aliphatic heterocycles. The van der Waals surface area contributed by atoms with Crippen LogP contribution in [-0.4, -0.2) is 64.2 Å². The van der Waals surface area contributed by atoms with Gasteiger partial charge in [-0.1, -0.05) is 34.1 Å². The molecule has 0 fully saturated rings. The van der Waals surface area contributed by atoms with Crippen molar-refractivity contribution >= 4 is 23.7 Å². The number of aliphatic carboxylic acids is 1. The second-order valence-corrected chi connectivity index (χ2v) is 7.90. The molecule has 0 rings (SSSR count).